The van der Waals surface area contributed by atoms with E-state index in [1.54, 1.807) is 18.2 Å². The number of aromatic nitrogens is 1. The second-order valence-corrected chi connectivity index (χ2v) is 9.42. The lowest BCUT2D eigenvalue weighted by Crippen LogP contribution is -2.29. The maximum absolute atomic E-state index is 13.6. The van der Waals surface area contributed by atoms with Gasteiger partial charge in [0.2, 0.25) is 0 Å². The fourth-order valence-corrected chi connectivity index (χ4v) is 5.55. The molecule has 1 amide bonds. The zero-order valence-electron chi connectivity index (χ0n) is 20.3. The van der Waals surface area contributed by atoms with Crippen LogP contribution in [0.25, 0.3) is 16.0 Å². The van der Waals surface area contributed by atoms with Gasteiger partial charge in [-0.1, -0.05) is 36.5 Å². The Kier molecular flexibility index (Phi) is 6.39. The summed E-state index contributed by atoms with van der Waals surface area (Å²) in [5.74, 6) is -1.95. The Hall–Kier alpha value is -4.24. The molecule has 1 saturated heterocycles. The maximum atomic E-state index is 13.6. The molecule has 0 aliphatic carbocycles. The van der Waals surface area contributed by atoms with Gasteiger partial charge in [-0.05, 0) is 54.4 Å². The van der Waals surface area contributed by atoms with Gasteiger partial charge in [-0.15, -0.1) is 0 Å². The van der Waals surface area contributed by atoms with Crippen LogP contribution < -0.4 is 14.4 Å². The highest BCUT2D eigenvalue weighted by Crippen LogP contribution is 2.48. The quantitative estimate of drug-likeness (QED) is 0.202. The SMILES string of the molecule is CCc1ccc2nc(N3C(=O)C(=O)C(=C(O)c4ccc(F)cc4)[C@@H]3c3cccc(OC)c3OC)sc2c1. The molecule has 37 heavy (non-hydrogen) atoms. The van der Waals surface area contributed by atoms with E-state index in [0.717, 1.165) is 16.7 Å². The number of ether oxygens (including phenoxy) is 2. The van der Waals surface area contributed by atoms with Crippen LogP contribution in [0.2, 0.25) is 0 Å². The van der Waals surface area contributed by atoms with Crippen molar-refractivity contribution >= 4 is 44.1 Å². The van der Waals surface area contributed by atoms with Crippen molar-refractivity contribution in [2.45, 2.75) is 19.4 Å². The number of carbonyl (C=O) groups excluding carboxylic acids is 2. The second kappa shape index (κ2) is 9.67. The number of aliphatic hydroxyl groups is 1. The minimum absolute atomic E-state index is 0.156. The number of ketones is 1. The second-order valence-electron chi connectivity index (χ2n) is 8.41. The Morgan fingerprint density at radius 3 is 2.51 bits per heavy atom. The zero-order valence-corrected chi connectivity index (χ0v) is 21.1. The van der Waals surface area contributed by atoms with Crippen molar-refractivity contribution in [3.63, 3.8) is 0 Å². The van der Waals surface area contributed by atoms with Gasteiger partial charge in [0.25, 0.3) is 5.78 Å². The van der Waals surface area contributed by atoms with E-state index in [2.05, 4.69) is 4.98 Å². The summed E-state index contributed by atoms with van der Waals surface area (Å²) in [6.07, 6.45) is 0.840. The molecule has 1 fully saturated rings. The average molecular weight is 519 g/mol. The minimum Gasteiger partial charge on any atom is -0.507 e. The van der Waals surface area contributed by atoms with Gasteiger partial charge in [0.1, 0.15) is 17.6 Å². The van der Waals surface area contributed by atoms with Crippen LogP contribution in [0.15, 0.2) is 66.2 Å². The first-order valence-electron chi connectivity index (χ1n) is 11.5. The number of carbonyl (C=O) groups is 2. The molecular weight excluding hydrogens is 495 g/mol. The van der Waals surface area contributed by atoms with E-state index in [0.29, 0.717) is 27.7 Å². The molecule has 0 spiro atoms. The molecule has 3 aromatic carbocycles. The smallest absolute Gasteiger partial charge is 0.301 e. The average Bonchev–Trinajstić information content (AvgIpc) is 3.45. The Labute approximate surface area is 216 Å². The molecule has 9 heteroatoms. The minimum atomic E-state index is -1.07. The van der Waals surface area contributed by atoms with Gasteiger partial charge in [-0.2, -0.15) is 0 Å². The van der Waals surface area contributed by atoms with Crippen LogP contribution in [0.5, 0.6) is 11.5 Å². The number of Topliss-reactive ketones (excluding diaryl/α,β-unsaturated/α-hetero) is 1. The van der Waals surface area contributed by atoms with Gasteiger partial charge in [0.15, 0.2) is 16.6 Å². The number of aryl methyl sites for hydroxylation is 1. The molecule has 0 unspecified atom stereocenters. The van der Waals surface area contributed by atoms with E-state index in [1.165, 1.54) is 54.7 Å². The number of aliphatic hydroxyl groups excluding tert-OH is 1. The van der Waals surface area contributed by atoms with Gasteiger partial charge >= 0.3 is 5.91 Å². The third-order valence-electron chi connectivity index (χ3n) is 6.35. The van der Waals surface area contributed by atoms with Crippen molar-refractivity contribution in [2.75, 3.05) is 19.1 Å². The lowest BCUT2D eigenvalue weighted by molar-refractivity contribution is -0.132. The van der Waals surface area contributed by atoms with Crippen molar-refractivity contribution in [2.24, 2.45) is 0 Å². The van der Waals surface area contributed by atoms with Crippen molar-refractivity contribution in [3.05, 3.63) is 88.7 Å². The molecule has 0 radical (unpaired) electrons. The number of benzene rings is 3. The molecule has 188 valence electrons. The first kappa shape index (κ1) is 24.5. The summed E-state index contributed by atoms with van der Waals surface area (Å²) >= 11 is 1.28. The number of anilines is 1. The summed E-state index contributed by atoms with van der Waals surface area (Å²) in [5, 5.41) is 11.6. The van der Waals surface area contributed by atoms with Crippen molar-refractivity contribution in [1.82, 2.24) is 4.98 Å². The summed E-state index contributed by atoms with van der Waals surface area (Å²) in [7, 11) is 2.94. The summed E-state index contributed by atoms with van der Waals surface area (Å²) in [6.45, 7) is 2.05. The number of fused-ring (bicyclic) bond motifs is 1. The molecule has 1 aliphatic rings. The maximum Gasteiger partial charge on any atom is 0.301 e. The molecule has 5 rings (SSSR count). The summed E-state index contributed by atoms with van der Waals surface area (Å²) < 4.78 is 25.5. The molecule has 2 heterocycles. The van der Waals surface area contributed by atoms with Gasteiger partial charge in [-0.25, -0.2) is 9.37 Å². The lowest BCUT2D eigenvalue weighted by atomic mass is 9.94. The van der Waals surface area contributed by atoms with Crippen molar-refractivity contribution < 1.29 is 28.6 Å². The first-order valence-corrected chi connectivity index (χ1v) is 12.4. The highest BCUT2D eigenvalue weighted by atomic mass is 32.1. The highest BCUT2D eigenvalue weighted by Gasteiger charge is 2.49. The van der Waals surface area contributed by atoms with Gasteiger partial charge in [0.05, 0.1) is 30.0 Å². The molecule has 0 bridgehead atoms. The third kappa shape index (κ3) is 4.11. The number of methoxy groups -OCH3 is 2. The van der Waals surface area contributed by atoms with Crippen molar-refractivity contribution in [3.8, 4) is 11.5 Å². The number of para-hydroxylation sites is 1. The van der Waals surface area contributed by atoms with E-state index in [4.69, 9.17) is 9.47 Å². The van der Waals surface area contributed by atoms with Crippen LogP contribution in [0.4, 0.5) is 9.52 Å². The standard InChI is InChI=1S/C28H23FN2O5S/c1-4-15-8-13-19-21(14-15)37-28(30-19)31-23(18-6-5-7-20(35-2)26(18)36-3)22(25(33)27(31)34)24(32)16-9-11-17(29)12-10-16/h5-14,23,32H,4H2,1-3H3/t23-/m0/s1. The summed E-state index contributed by atoms with van der Waals surface area (Å²) in [4.78, 5) is 32.9. The predicted octanol–water partition coefficient (Wildman–Crippen LogP) is 5.64. The Balaban J connectivity index is 1.77. The first-order chi connectivity index (χ1) is 17.9. The van der Waals surface area contributed by atoms with Crippen LogP contribution in [0.3, 0.4) is 0 Å². The van der Waals surface area contributed by atoms with Crippen molar-refractivity contribution in [1.29, 1.82) is 0 Å². The van der Waals surface area contributed by atoms with Gasteiger partial charge in [0, 0.05) is 11.1 Å². The highest BCUT2D eigenvalue weighted by molar-refractivity contribution is 7.22. The van der Waals surface area contributed by atoms with Crippen LogP contribution >= 0.6 is 11.3 Å². The molecule has 1 aromatic heterocycles. The molecule has 1 atom stereocenters. The Morgan fingerprint density at radius 1 is 1.08 bits per heavy atom. The largest absolute Gasteiger partial charge is 0.507 e. The van der Waals surface area contributed by atoms with Crippen LogP contribution in [0, 0.1) is 5.82 Å². The number of nitrogens with zero attached hydrogens (tertiary/aromatic N) is 2. The van der Waals surface area contributed by atoms with E-state index < -0.39 is 29.3 Å². The van der Waals surface area contributed by atoms with Gasteiger partial charge in [-0.3, -0.25) is 14.5 Å². The van der Waals surface area contributed by atoms with E-state index in [-0.39, 0.29) is 11.1 Å². The molecule has 1 N–H and O–H groups in total. The summed E-state index contributed by atoms with van der Waals surface area (Å²) in [5.41, 5.74) is 2.28. The fraction of sp³-hybridized carbons (Fsp3) is 0.179. The number of thiazole rings is 1. The van der Waals surface area contributed by atoms with Gasteiger partial charge < -0.3 is 14.6 Å². The van der Waals surface area contributed by atoms with E-state index >= 15 is 0 Å². The molecule has 7 nitrogen and oxygen atoms in total. The number of hydrogen-bond acceptors (Lipinski definition) is 7. The number of rotatable bonds is 6. The fourth-order valence-electron chi connectivity index (χ4n) is 4.49. The monoisotopic (exact) mass is 518 g/mol. The third-order valence-corrected chi connectivity index (χ3v) is 7.36. The number of halogens is 1. The Bertz CT molecular complexity index is 1560. The lowest BCUT2D eigenvalue weighted by Gasteiger charge is -2.25. The molecular formula is C28H23FN2O5S. The number of hydrogen-bond donors (Lipinski definition) is 1. The Morgan fingerprint density at radius 2 is 1.84 bits per heavy atom. The van der Waals surface area contributed by atoms with Crippen LogP contribution in [-0.2, 0) is 16.0 Å². The molecule has 4 aromatic rings. The predicted molar refractivity (Wildman–Crippen MR) is 140 cm³/mol. The molecule has 0 saturated carbocycles. The zero-order chi connectivity index (χ0) is 26.3. The van der Waals surface area contributed by atoms with Crippen LogP contribution in [-0.4, -0.2) is 36.0 Å². The normalized spacial score (nSPS) is 17.0. The topological polar surface area (TPSA) is 89.0 Å². The molecule has 1 aliphatic heterocycles. The van der Waals surface area contributed by atoms with E-state index in [9.17, 15) is 19.1 Å². The number of amides is 1. The van der Waals surface area contributed by atoms with Crippen LogP contribution in [0.1, 0.15) is 29.7 Å². The summed E-state index contributed by atoms with van der Waals surface area (Å²) in [6, 6.07) is 14.9. The van der Waals surface area contributed by atoms with E-state index in [1.807, 2.05) is 25.1 Å².